The molecule has 0 aliphatic heterocycles. The molecule has 5 heteroatoms. The number of rotatable bonds is 3. The van der Waals surface area contributed by atoms with E-state index in [4.69, 9.17) is 27.9 Å². The average Bonchev–Trinajstić information content (AvgIpc) is 2.44. The predicted molar refractivity (Wildman–Crippen MR) is 80.6 cm³/mol. The quantitative estimate of drug-likeness (QED) is 0.633. The summed E-state index contributed by atoms with van der Waals surface area (Å²) >= 11 is 11.9. The minimum Gasteiger partial charge on any atom is -0.465 e. The molecular formula is C15H11Cl2NO2. The van der Waals surface area contributed by atoms with Crippen LogP contribution in [0.1, 0.15) is 11.1 Å². The second-order valence-corrected chi connectivity index (χ2v) is 4.87. The standard InChI is InChI=1S/C15H11Cl2NO2/c1-20-15(19)14(5-10-3-2-4-18-9-10)11-6-12(16)8-13(17)7-11/h2-9H,1H3/b14-5-. The highest BCUT2D eigenvalue weighted by molar-refractivity contribution is 6.35. The molecule has 0 saturated heterocycles. The maximum Gasteiger partial charge on any atom is 0.338 e. The van der Waals surface area contributed by atoms with Crippen LogP contribution in [0.5, 0.6) is 0 Å². The highest BCUT2D eigenvalue weighted by Crippen LogP contribution is 2.26. The maximum absolute atomic E-state index is 11.9. The zero-order valence-electron chi connectivity index (χ0n) is 10.6. The van der Waals surface area contributed by atoms with Crippen LogP contribution in [0.3, 0.4) is 0 Å². The Hall–Kier alpha value is -1.84. The molecule has 2 rings (SSSR count). The molecule has 102 valence electrons. The third-order valence-electron chi connectivity index (χ3n) is 2.57. The summed E-state index contributed by atoms with van der Waals surface area (Å²) in [4.78, 5) is 15.9. The van der Waals surface area contributed by atoms with Crippen molar-refractivity contribution in [1.29, 1.82) is 0 Å². The van der Waals surface area contributed by atoms with E-state index in [1.54, 1.807) is 42.7 Å². The number of halogens is 2. The average molecular weight is 308 g/mol. The van der Waals surface area contributed by atoms with Crippen LogP contribution >= 0.6 is 23.2 Å². The molecule has 0 radical (unpaired) electrons. The van der Waals surface area contributed by atoms with Gasteiger partial charge >= 0.3 is 5.97 Å². The molecule has 20 heavy (non-hydrogen) atoms. The van der Waals surface area contributed by atoms with Gasteiger partial charge in [-0.2, -0.15) is 0 Å². The van der Waals surface area contributed by atoms with Crippen molar-refractivity contribution in [3.8, 4) is 0 Å². The summed E-state index contributed by atoms with van der Waals surface area (Å²) in [6.45, 7) is 0. The van der Waals surface area contributed by atoms with Crippen molar-refractivity contribution >= 4 is 40.8 Å². The summed E-state index contributed by atoms with van der Waals surface area (Å²) in [5, 5.41) is 0.905. The number of ether oxygens (including phenoxy) is 1. The number of hydrogen-bond acceptors (Lipinski definition) is 3. The number of aromatic nitrogens is 1. The second-order valence-electron chi connectivity index (χ2n) is 3.99. The zero-order valence-corrected chi connectivity index (χ0v) is 12.2. The van der Waals surface area contributed by atoms with Gasteiger partial charge in [0, 0.05) is 22.4 Å². The molecular weight excluding hydrogens is 297 g/mol. The van der Waals surface area contributed by atoms with Crippen LogP contribution in [0.15, 0.2) is 42.7 Å². The third-order valence-corrected chi connectivity index (χ3v) is 3.01. The predicted octanol–water partition coefficient (Wildman–Crippen LogP) is 4.10. The van der Waals surface area contributed by atoms with Crippen LogP contribution in [0, 0.1) is 0 Å². The Balaban J connectivity index is 2.53. The fourth-order valence-corrected chi connectivity index (χ4v) is 2.23. The molecule has 0 spiro atoms. The van der Waals surface area contributed by atoms with E-state index in [2.05, 4.69) is 4.98 Å². The lowest BCUT2D eigenvalue weighted by Gasteiger charge is -2.07. The van der Waals surface area contributed by atoms with Crippen molar-refractivity contribution in [2.24, 2.45) is 0 Å². The Kier molecular flexibility index (Phi) is 4.77. The second kappa shape index (κ2) is 6.55. The summed E-state index contributed by atoms with van der Waals surface area (Å²) in [6.07, 6.45) is 4.99. The van der Waals surface area contributed by atoms with Crippen LogP contribution in [-0.4, -0.2) is 18.1 Å². The molecule has 3 nitrogen and oxygen atoms in total. The van der Waals surface area contributed by atoms with Crippen molar-refractivity contribution in [2.75, 3.05) is 7.11 Å². The molecule has 0 amide bonds. The first-order valence-electron chi connectivity index (χ1n) is 5.76. The van der Waals surface area contributed by atoms with Crippen molar-refractivity contribution in [2.45, 2.75) is 0 Å². The molecule has 0 saturated carbocycles. The number of benzene rings is 1. The topological polar surface area (TPSA) is 39.2 Å². The Morgan fingerprint density at radius 3 is 2.50 bits per heavy atom. The van der Waals surface area contributed by atoms with Gasteiger partial charge in [-0.25, -0.2) is 4.79 Å². The number of pyridine rings is 1. The van der Waals surface area contributed by atoms with Crippen LogP contribution in [-0.2, 0) is 9.53 Å². The number of hydrogen-bond donors (Lipinski definition) is 0. The highest BCUT2D eigenvalue weighted by Gasteiger charge is 2.14. The Labute approximate surface area is 126 Å². The number of nitrogens with zero attached hydrogens (tertiary/aromatic N) is 1. The molecule has 0 atom stereocenters. The number of esters is 1. The number of carbonyl (C=O) groups is 1. The monoisotopic (exact) mass is 307 g/mol. The van der Waals surface area contributed by atoms with E-state index < -0.39 is 5.97 Å². The van der Waals surface area contributed by atoms with E-state index in [1.165, 1.54) is 7.11 Å². The van der Waals surface area contributed by atoms with E-state index in [9.17, 15) is 4.79 Å². The Morgan fingerprint density at radius 2 is 1.95 bits per heavy atom. The molecule has 0 aliphatic carbocycles. The van der Waals surface area contributed by atoms with E-state index in [0.717, 1.165) is 5.56 Å². The normalized spacial score (nSPS) is 11.2. The van der Waals surface area contributed by atoms with Gasteiger partial charge in [0.2, 0.25) is 0 Å². The summed E-state index contributed by atoms with van der Waals surface area (Å²) in [5.41, 5.74) is 1.74. The van der Waals surface area contributed by atoms with Gasteiger partial charge in [-0.1, -0.05) is 29.3 Å². The molecule has 0 aliphatic rings. The Morgan fingerprint density at radius 1 is 1.25 bits per heavy atom. The summed E-state index contributed by atoms with van der Waals surface area (Å²) in [5.74, 6) is -0.466. The molecule has 1 heterocycles. The highest BCUT2D eigenvalue weighted by atomic mass is 35.5. The van der Waals surface area contributed by atoms with E-state index in [1.807, 2.05) is 6.07 Å². The number of carbonyl (C=O) groups excluding carboxylic acids is 1. The molecule has 1 aromatic heterocycles. The lowest BCUT2D eigenvalue weighted by atomic mass is 10.0. The Bertz CT molecular complexity index is 634. The molecule has 1 aromatic carbocycles. The van der Waals surface area contributed by atoms with Gasteiger partial charge in [0.25, 0.3) is 0 Å². The first-order valence-corrected chi connectivity index (χ1v) is 6.52. The van der Waals surface area contributed by atoms with Crippen LogP contribution in [0.4, 0.5) is 0 Å². The smallest absolute Gasteiger partial charge is 0.338 e. The van der Waals surface area contributed by atoms with Gasteiger partial charge in [0.05, 0.1) is 12.7 Å². The van der Waals surface area contributed by atoms with Gasteiger partial charge in [-0.15, -0.1) is 0 Å². The third kappa shape index (κ3) is 3.59. The zero-order chi connectivity index (χ0) is 14.5. The summed E-state index contributed by atoms with van der Waals surface area (Å²) < 4.78 is 4.80. The van der Waals surface area contributed by atoms with Gasteiger partial charge in [0.1, 0.15) is 0 Å². The summed E-state index contributed by atoms with van der Waals surface area (Å²) in [7, 11) is 1.32. The molecule has 0 bridgehead atoms. The SMILES string of the molecule is COC(=O)/C(=C\c1cccnc1)c1cc(Cl)cc(Cl)c1. The van der Waals surface area contributed by atoms with Gasteiger partial charge in [-0.05, 0) is 41.5 Å². The molecule has 2 aromatic rings. The minimum absolute atomic E-state index is 0.366. The van der Waals surface area contributed by atoms with E-state index in [0.29, 0.717) is 21.2 Å². The van der Waals surface area contributed by atoms with Gasteiger partial charge in [-0.3, -0.25) is 4.98 Å². The maximum atomic E-state index is 11.9. The number of methoxy groups -OCH3 is 1. The van der Waals surface area contributed by atoms with Gasteiger partial charge in [0.15, 0.2) is 0 Å². The first kappa shape index (κ1) is 14.6. The fourth-order valence-electron chi connectivity index (χ4n) is 1.71. The summed E-state index contributed by atoms with van der Waals surface area (Å²) in [6, 6.07) is 8.54. The molecule has 0 N–H and O–H groups in total. The van der Waals surface area contributed by atoms with Crippen molar-refractivity contribution in [1.82, 2.24) is 4.98 Å². The van der Waals surface area contributed by atoms with Crippen LogP contribution < -0.4 is 0 Å². The lowest BCUT2D eigenvalue weighted by Crippen LogP contribution is -2.04. The van der Waals surface area contributed by atoms with Crippen LogP contribution in [0.2, 0.25) is 10.0 Å². The van der Waals surface area contributed by atoms with Crippen molar-refractivity contribution in [3.63, 3.8) is 0 Å². The van der Waals surface area contributed by atoms with Crippen LogP contribution in [0.25, 0.3) is 11.6 Å². The van der Waals surface area contributed by atoms with E-state index >= 15 is 0 Å². The van der Waals surface area contributed by atoms with E-state index in [-0.39, 0.29) is 0 Å². The first-order chi connectivity index (χ1) is 9.60. The molecule has 0 fully saturated rings. The van der Waals surface area contributed by atoms with Crippen molar-refractivity contribution in [3.05, 3.63) is 63.9 Å². The largest absolute Gasteiger partial charge is 0.465 e. The minimum atomic E-state index is -0.466. The van der Waals surface area contributed by atoms with Gasteiger partial charge < -0.3 is 4.74 Å². The van der Waals surface area contributed by atoms with Crippen molar-refractivity contribution < 1.29 is 9.53 Å². The fraction of sp³-hybridized carbons (Fsp3) is 0.0667. The molecule has 0 unspecified atom stereocenters. The lowest BCUT2D eigenvalue weighted by molar-refractivity contribution is -0.133.